The molecule has 120 valence electrons. The van der Waals surface area contributed by atoms with E-state index >= 15 is 0 Å². The number of rotatable bonds is 8. The molecule has 1 heterocycles. The summed E-state index contributed by atoms with van der Waals surface area (Å²) in [7, 11) is 0. The van der Waals surface area contributed by atoms with Crippen molar-refractivity contribution in [2.45, 2.75) is 19.3 Å². The van der Waals surface area contributed by atoms with Crippen molar-refractivity contribution in [3.63, 3.8) is 0 Å². The van der Waals surface area contributed by atoms with Gasteiger partial charge in [-0.25, -0.2) is 0 Å². The van der Waals surface area contributed by atoms with Crippen molar-refractivity contribution < 1.29 is 14.6 Å². The minimum Gasteiger partial charge on any atom is -0.494 e. The smallest absolute Gasteiger partial charge is 0.303 e. The van der Waals surface area contributed by atoms with Crippen LogP contribution < -0.4 is 10.5 Å². The first-order valence-electron chi connectivity index (χ1n) is 7.32. The van der Waals surface area contributed by atoms with Gasteiger partial charge in [-0.05, 0) is 49.2 Å². The Morgan fingerprint density at radius 3 is 2.48 bits per heavy atom. The molecule has 0 spiro atoms. The number of nitrogens with two attached hydrogens (primary N) is 1. The summed E-state index contributed by atoms with van der Waals surface area (Å²) in [6.07, 6.45) is 3.07. The van der Waals surface area contributed by atoms with E-state index in [0.717, 1.165) is 17.0 Å². The van der Waals surface area contributed by atoms with Crippen LogP contribution in [0, 0.1) is 5.41 Å². The normalized spacial score (nSPS) is 10.3. The molecular weight excluding hydrogens is 294 g/mol. The quantitative estimate of drug-likeness (QED) is 0.394. The molecule has 0 radical (unpaired) electrons. The maximum absolute atomic E-state index is 10.4. The van der Waals surface area contributed by atoms with E-state index in [0.29, 0.717) is 25.0 Å². The van der Waals surface area contributed by atoms with Crippen molar-refractivity contribution in [1.29, 1.82) is 5.41 Å². The lowest BCUT2D eigenvalue weighted by molar-refractivity contribution is -0.137. The van der Waals surface area contributed by atoms with Gasteiger partial charge in [0.15, 0.2) is 0 Å². The summed E-state index contributed by atoms with van der Waals surface area (Å²) < 4.78 is 5.57. The fourth-order valence-electron chi connectivity index (χ4n) is 2.01. The number of nitrogen functional groups attached to an aromatic ring is 1. The van der Waals surface area contributed by atoms with Crippen LogP contribution in [0.1, 0.15) is 24.8 Å². The summed E-state index contributed by atoms with van der Waals surface area (Å²) in [6, 6.07) is 11.1. The zero-order valence-electron chi connectivity index (χ0n) is 12.7. The average Bonchev–Trinajstić information content (AvgIpc) is 2.55. The Hall–Kier alpha value is -2.89. The van der Waals surface area contributed by atoms with Crippen molar-refractivity contribution in [3.05, 3.63) is 48.2 Å². The molecule has 2 aromatic rings. The Bertz CT molecular complexity index is 666. The van der Waals surface area contributed by atoms with Gasteiger partial charge in [0, 0.05) is 23.7 Å². The molecule has 0 bridgehead atoms. The topological polar surface area (TPSA) is 109 Å². The highest BCUT2D eigenvalue weighted by molar-refractivity contribution is 5.94. The van der Waals surface area contributed by atoms with Crippen molar-refractivity contribution in [2.24, 2.45) is 5.73 Å². The molecule has 6 nitrogen and oxygen atoms in total. The lowest BCUT2D eigenvalue weighted by Gasteiger charge is -2.07. The number of amidine groups is 1. The van der Waals surface area contributed by atoms with Gasteiger partial charge in [0.2, 0.25) is 0 Å². The van der Waals surface area contributed by atoms with Gasteiger partial charge in [-0.2, -0.15) is 0 Å². The van der Waals surface area contributed by atoms with Crippen LogP contribution >= 0.6 is 0 Å². The third kappa shape index (κ3) is 5.10. The van der Waals surface area contributed by atoms with Crippen LogP contribution in [0.2, 0.25) is 0 Å². The molecule has 0 atom stereocenters. The minimum atomic E-state index is -0.780. The average molecular weight is 313 g/mol. The number of hydrogen-bond donors (Lipinski definition) is 3. The van der Waals surface area contributed by atoms with Crippen molar-refractivity contribution in [1.82, 2.24) is 4.98 Å². The zero-order valence-corrected chi connectivity index (χ0v) is 12.7. The Labute approximate surface area is 134 Å². The summed E-state index contributed by atoms with van der Waals surface area (Å²) in [5.41, 5.74) is 7.73. The molecule has 2 rings (SSSR count). The van der Waals surface area contributed by atoms with Gasteiger partial charge in [0.1, 0.15) is 11.6 Å². The number of benzene rings is 1. The van der Waals surface area contributed by atoms with E-state index < -0.39 is 5.97 Å². The molecule has 0 unspecified atom stereocenters. The lowest BCUT2D eigenvalue weighted by Crippen LogP contribution is -2.11. The molecule has 1 aromatic heterocycles. The summed E-state index contributed by atoms with van der Waals surface area (Å²) in [4.78, 5) is 14.7. The van der Waals surface area contributed by atoms with E-state index in [-0.39, 0.29) is 12.3 Å². The fourth-order valence-corrected chi connectivity index (χ4v) is 2.01. The number of aromatic nitrogens is 1. The van der Waals surface area contributed by atoms with Crippen molar-refractivity contribution in [2.75, 3.05) is 6.61 Å². The Kier molecular flexibility index (Phi) is 5.68. The summed E-state index contributed by atoms with van der Waals surface area (Å²) in [6.45, 7) is 0.498. The fraction of sp³-hybridized carbons (Fsp3) is 0.235. The first-order chi connectivity index (χ1) is 11.1. The molecule has 4 N–H and O–H groups in total. The van der Waals surface area contributed by atoms with Crippen LogP contribution in [0.3, 0.4) is 0 Å². The maximum atomic E-state index is 10.4. The molecule has 6 heteroatoms. The summed E-state index contributed by atoms with van der Waals surface area (Å²) >= 11 is 0. The standard InChI is InChI=1S/C17H19N3O3/c18-17(19)13-6-9-15(20-11-13)12-4-7-14(8-5-12)23-10-2-1-3-16(21)22/h4-9,11H,1-3,10H2,(H3,18,19)(H,21,22). The van der Waals surface area contributed by atoms with Crippen LogP contribution in [-0.4, -0.2) is 28.5 Å². The summed E-state index contributed by atoms with van der Waals surface area (Å²) in [5.74, 6) is -0.0437. The van der Waals surface area contributed by atoms with E-state index in [4.69, 9.17) is 21.0 Å². The largest absolute Gasteiger partial charge is 0.494 e. The first-order valence-corrected chi connectivity index (χ1v) is 7.32. The second kappa shape index (κ2) is 7.93. The molecule has 0 saturated carbocycles. The molecule has 0 saturated heterocycles. The molecular formula is C17H19N3O3. The monoisotopic (exact) mass is 313 g/mol. The number of pyridine rings is 1. The molecule has 23 heavy (non-hydrogen) atoms. The van der Waals surface area contributed by atoms with Crippen LogP contribution in [0.4, 0.5) is 0 Å². The van der Waals surface area contributed by atoms with Gasteiger partial charge in [-0.3, -0.25) is 15.2 Å². The Balaban J connectivity index is 1.89. The van der Waals surface area contributed by atoms with E-state index in [1.165, 1.54) is 0 Å². The van der Waals surface area contributed by atoms with E-state index in [1.807, 2.05) is 30.3 Å². The predicted molar refractivity (Wildman–Crippen MR) is 87.7 cm³/mol. The first kappa shape index (κ1) is 16.5. The zero-order chi connectivity index (χ0) is 16.7. The molecule has 0 aliphatic carbocycles. The van der Waals surface area contributed by atoms with Gasteiger partial charge < -0.3 is 15.6 Å². The molecule has 0 aliphatic rings. The Morgan fingerprint density at radius 1 is 1.17 bits per heavy atom. The van der Waals surface area contributed by atoms with Crippen molar-refractivity contribution in [3.8, 4) is 17.0 Å². The van der Waals surface area contributed by atoms with Crippen LogP contribution in [0.5, 0.6) is 5.75 Å². The Morgan fingerprint density at radius 2 is 1.91 bits per heavy atom. The number of nitrogens with zero attached hydrogens (tertiary/aromatic N) is 1. The van der Waals surface area contributed by atoms with E-state index in [1.54, 1.807) is 12.3 Å². The van der Waals surface area contributed by atoms with Crippen LogP contribution in [0.25, 0.3) is 11.3 Å². The number of carboxylic acids is 1. The predicted octanol–water partition coefficient (Wildman–Crippen LogP) is 2.67. The number of nitrogens with one attached hydrogen (secondary N) is 1. The molecule has 0 aliphatic heterocycles. The number of ether oxygens (including phenoxy) is 1. The second-order valence-electron chi connectivity index (χ2n) is 5.07. The third-order valence-corrected chi connectivity index (χ3v) is 3.28. The minimum absolute atomic E-state index is 0.00399. The number of carbonyl (C=O) groups is 1. The number of aliphatic carboxylic acids is 1. The highest BCUT2D eigenvalue weighted by Crippen LogP contribution is 2.21. The van der Waals surface area contributed by atoms with Gasteiger partial charge >= 0.3 is 5.97 Å². The van der Waals surface area contributed by atoms with Gasteiger partial charge in [0.05, 0.1) is 12.3 Å². The molecule has 0 fully saturated rings. The lowest BCUT2D eigenvalue weighted by atomic mass is 10.1. The van der Waals surface area contributed by atoms with Crippen LogP contribution in [-0.2, 0) is 4.79 Å². The molecule has 0 amide bonds. The van der Waals surface area contributed by atoms with Crippen LogP contribution in [0.15, 0.2) is 42.6 Å². The second-order valence-corrected chi connectivity index (χ2v) is 5.07. The number of carboxylic acid groups (broad SMARTS) is 1. The summed E-state index contributed by atoms with van der Waals surface area (Å²) in [5, 5.41) is 15.9. The maximum Gasteiger partial charge on any atom is 0.303 e. The third-order valence-electron chi connectivity index (χ3n) is 3.28. The highest BCUT2D eigenvalue weighted by atomic mass is 16.5. The highest BCUT2D eigenvalue weighted by Gasteiger charge is 2.02. The number of hydrogen-bond acceptors (Lipinski definition) is 4. The van der Waals surface area contributed by atoms with Gasteiger partial charge in [-0.15, -0.1) is 0 Å². The number of unbranched alkanes of at least 4 members (excludes halogenated alkanes) is 1. The van der Waals surface area contributed by atoms with Gasteiger partial charge in [-0.1, -0.05) is 0 Å². The van der Waals surface area contributed by atoms with Crippen molar-refractivity contribution >= 4 is 11.8 Å². The SMILES string of the molecule is N=C(N)c1ccc(-c2ccc(OCCCCC(=O)O)cc2)nc1. The van der Waals surface area contributed by atoms with E-state index in [2.05, 4.69) is 4.98 Å². The molecule has 1 aromatic carbocycles. The van der Waals surface area contributed by atoms with Gasteiger partial charge in [0.25, 0.3) is 0 Å². The van der Waals surface area contributed by atoms with E-state index in [9.17, 15) is 4.79 Å².